The highest BCUT2D eigenvalue weighted by Crippen LogP contribution is 2.34. The Morgan fingerprint density at radius 2 is 2.04 bits per heavy atom. The number of amides is 2. The van der Waals surface area contributed by atoms with Gasteiger partial charge < -0.3 is 25.9 Å². The van der Waals surface area contributed by atoms with Crippen molar-refractivity contribution in [2.45, 2.75) is 26.8 Å². The van der Waals surface area contributed by atoms with Crippen molar-refractivity contribution in [2.24, 2.45) is 5.73 Å². The van der Waals surface area contributed by atoms with Crippen LogP contribution in [-0.2, 0) is 9.53 Å². The van der Waals surface area contributed by atoms with Crippen LogP contribution in [0.15, 0.2) is 6.07 Å². The normalized spacial score (nSPS) is 11.7. The number of ether oxygens (including phenoxy) is 1. The van der Waals surface area contributed by atoms with Gasteiger partial charge in [0.15, 0.2) is 0 Å². The molecule has 0 fully saturated rings. The van der Waals surface area contributed by atoms with Gasteiger partial charge in [-0.15, -0.1) is 11.3 Å². The molecular formula is C15H17N5O6S. The summed E-state index contributed by atoms with van der Waals surface area (Å²) >= 11 is 0.848. The van der Waals surface area contributed by atoms with Gasteiger partial charge >= 0.3 is 11.8 Å². The Balaban J connectivity index is 2.37. The lowest BCUT2D eigenvalue weighted by molar-refractivity contribution is -0.389. The number of hydrogen-bond donors (Lipinski definition) is 2. The number of esters is 1. The van der Waals surface area contributed by atoms with Crippen LogP contribution in [0.2, 0.25) is 0 Å². The number of hydrogen-bond acceptors (Lipinski definition) is 8. The summed E-state index contributed by atoms with van der Waals surface area (Å²) in [6, 6.07) is 0.327. The molecule has 1 atom stereocenters. The molecule has 0 aliphatic carbocycles. The predicted molar refractivity (Wildman–Crippen MR) is 95.9 cm³/mol. The van der Waals surface area contributed by atoms with Crippen molar-refractivity contribution < 1.29 is 24.0 Å². The fraction of sp³-hybridized carbons (Fsp3) is 0.333. The third-order valence-electron chi connectivity index (χ3n) is 3.84. The van der Waals surface area contributed by atoms with E-state index >= 15 is 0 Å². The van der Waals surface area contributed by atoms with Crippen LogP contribution in [0.1, 0.15) is 44.3 Å². The summed E-state index contributed by atoms with van der Waals surface area (Å²) in [7, 11) is 1.17. The van der Waals surface area contributed by atoms with Gasteiger partial charge in [0.2, 0.25) is 0 Å². The molecule has 0 saturated carbocycles. The number of nitrogens with one attached hydrogen (secondary N) is 1. The summed E-state index contributed by atoms with van der Waals surface area (Å²) in [4.78, 5) is 46.5. The third-order valence-corrected chi connectivity index (χ3v) is 5.06. The van der Waals surface area contributed by atoms with Gasteiger partial charge in [0.25, 0.3) is 11.8 Å². The lowest BCUT2D eigenvalue weighted by Gasteiger charge is -2.11. The maximum atomic E-state index is 12.6. The van der Waals surface area contributed by atoms with E-state index in [1.807, 2.05) is 0 Å². The van der Waals surface area contributed by atoms with Gasteiger partial charge in [-0.05, 0) is 31.3 Å². The molecule has 0 saturated heterocycles. The van der Waals surface area contributed by atoms with Crippen molar-refractivity contribution in [1.82, 2.24) is 9.78 Å². The third kappa shape index (κ3) is 3.79. The van der Waals surface area contributed by atoms with E-state index in [1.165, 1.54) is 31.7 Å². The molecule has 2 amide bonds. The van der Waals surface area contributed by atoms with Crippen molar-refractivity contribution in [3.05, 3.63) is 37.9 Å². The minimum Gasteiger partial charge on any atom is -0.465 e. The standard InChI is InChI=1S/C15H17N5O6S/c1-6-5-9(20(24)25)18-19(6)8(3)13(22)17-14-10(15(23)26-4)7(2)11(27-14)12(16)21/h5,8H,1-4H3,(H2,16,21)(H,17,22). The topological polar surface area (TPSA) is 159 Å². The SMILES string of the molecule is COC(=O)c1c(NC(=O)C(C)n2nc([N+](=O)[O-])cc2C)sc(C(N)=O)c1C. The van der Waals surface area contributed by atoms with E-state index in [0.717, 1.165) is 11.3 Å². The number of nitrogens with zero attached hydrogens (tertiary/aromatic N) is 3. The molecule has 3 N–H and O–H groups in total. The zero-order chi connectivity index (χ0) is 20.5. The molecule has 0 aliphatic heterocycles. The van der Waals surface area contributed by atoms with Gasteiger partial charge in [-0.2, -0.15) is 4.68 Å². The first-order chi connectivity index (χ1) is 12.6. The largest absolute Gasteiger partial charge is 0.465 e. The molecule has 0 aromatic carbocycles. The molecule has 2 heterocycles. The quantitative estimate of drug-likeness (QED) is 0.426. The Labute approximate surface area is 157 Å². The number of nitrogens with two attached hydrogens (primary N) is 1. The highest BCUT2D eigenvalue weighted by Gasteiger charge is 2.29. The highest BCUT2D eigenvalue weighted by molar-refractivity contribution is 7.18. The molecular weight excluding hydrogens is 378 g/mol. The van der Waals surface area contributed by atoms with E-state index in [1.54, 1.807) is 6.92 Å². The number of rotatable bonds is 6. The first kappa shape index (κ1) is 20.0. The molecule has 11 nitrogen and oxygen atoms in total. The molecule has 2 rings (SSSR count). The maximum absolute atomic E-state index is 12.6. The molecule has 27 heavy (non-hydrogen) atoms. The Kier molecular flexibility index (Phi) is 5.59. The van der Waals surface area contributed by atoms with Crippen molar-refractivity contribution in [3.8, 4) is 0 Å². The molecule has 0 bridgehead atoms. The summed E-state index contributed by atoms with van der Waals surface area (Å²) in [5.41, 5.74) is 6.04. The zero-order valence-electron chi connectivity index (χ0n) is 14.9. The van der Waals surface area contributed by atoms with Gasteiger partial charge in [-0.25, -0.2) is 4.79 Å². The molecule has 1 unspecified atom stereocenters. The van der Waals surface area contributed by atoms with Crippen molar-refractivity contribution >= 4 is 39.9 Å². The molecule has 0 spiro atoms. The number of primary amides is 1. The number of aromatic nitrogens is 2. The first-order valence-electron chi connectivity index (χ1n) is 7.61. The number of nitro groups is 1. The van der Waals surface area contributed by atoms with Crippen LogP contribution in [0.3, 0.4) is 0 Å². The monoisotopic (exact) mass is 395 g/mol. The molecule has 0 radical (unpaired) electrons. The van der Waals surface area contributed by atoms with E-state index in [4.69, 9.17) is 10.5 Å². The van der Waals surface area contributed by atoms with Crippen LogP contribution in [0.5, 0.6) is 0 Å². The zero-order valence-corrected chi connectivity index (χ0v) is 15.7. The Morgan fingerprint density at radius 1 is 1.41 bits per heavy atom. The van der Waals surface area contributed by atoms with Crippen LogP contribution >= 0.6 is 11.3 Å². The van der Waals surface area contributed by atoms with Crippen LogP contribution in [0.4, 0.5) is 10.8 Å². The Morgan fingerprint density at radius 3 is 2.52 bits per heavy atom. The smallest absolute Gasteiger partial charge is 0.390 e. The van der Waals surface area contributed by atoms with Crippen LogP contribution in [0, 0.1) is 24.0 Å². The minimum absolute atomic E-state index is 0.0278. The highest BCUT2D eigenvalue weighted by atomic mass is 32.1. The van der Waals surface area contributed by atoms with E-state index < -0.39 is 28.7 Å². The van der Waals surface area contributed by atoms with Crippen LogP contribution in [0.25, 0.3) is 0 Å². The number of anilines is 1. The summed E-state index contributed by atoms with van der Waals surface area (Å²) in [5.74, 6) is -2.44. The fourth-order valence-corrected chi connectivity index (χ4v) is 3.51. The van der Waals surface area contributed by atoms with Gasteiger partial charge in [-0.1, -0.05) is 0 Å². The van der Waals surface area contributed by atoms with Gasteiger partial charge in [0.05, 0.1) is 34.4 Å². The number of carbonyl (C=O) groups excluding carboxylic acids is 3. The Bertz CT molecular complexity index is 947. The molecule has 144 valence electrons. The second-order valence-electron chi connectivity index (χ2n) is 5.63. The minimum atomic E-state index is -0.913. The van der Waals surface area contributed by atoms with Crippen LogP contribution in [-0.4, -0.2) is 39.6 Å². The van der Waals surface area contributed by atoms with Crippen molar-refractivity contribution in [2.75, 3.05) is 12.4 Å². The summed E-state index contributed by atoms with van der Waals surface area (Å²) in [5, 5.41) is 17.3. The molecule has 2 aromatic rings. The van der Waals surface area contributed by atoms with Crippen LogP contribution < -0.4 is 11.1 Å². The Hall–Kier alpha value is -3.28. The molecule has 2 aromatic heterocycles. The van der Waals surface area contributed by atoms with E-state index in [-0.39, 0.29) is 21.3 Å². The van der Waals surface area contributed by atoms with E-state index in [0.29, 0.717) is 11.3 Å². The van der Waals surface area contributed by atoms with E-state index in [2.05, 4.69) is 10.4 Å². The number of methoxy groups -OCH3 is 1. The maximum Gasteiger partial charge on any atom is 0.390 e. The number of thiophene rings is 1. The number of carbonyl (C=O) groups is 3. The lowest BCUT2D eigenvalue weighted by atomic mass is 10.1. The average Bonchev–Trinajstić information content (AvgIpc) is 3.14. The van der Waals surface area contributed by atoms with Gasteiger partial charge in [-0.3, -0.25) is 9.59 Å². The second-order valence-corrected chi connectivity index (χ2v) is 6.65. The van der Waals surface area contributed by atoms with Crippen molar-refractivity contribution in [3.63, 3.8) is 0 Å². The first-order valence-corrected chi connectivity index (χ1v) is 8.43. The second kappa shape index (κ2) is 7.53. The average molecular weight is 395 g/mol. The van der Waals surface area contributed by atoms with Crippen molar-refractivity contribution in [1.29, 1.82) is 0 Å². The summed E-state index contributed by atoms with van der Waals surface area (Å²) in [6.07, 6.45) is 0. The van der Waals surface area contributed by atoms with E-state index in [9.17, 15) is 24.5 Å². The molecule has 0 aliphatic rings. The summed E-state index contributed by atoms with van der Waals surface area (Å²) in [6.45, 7) is 4.58. The fourth-order valence-electron chi connectivity index (χ4n) is 2.46. The van der Waals surface area contributed by atoms with Gasteiger partial charge in [0.1, 0.15) is 11.0 Å². The summed E-state index contributed by atoms with van der Waals surface area (Å²) < 4.78 is 5.89. The van der Waals surface area contributed by atoms with Gasteiger partial charge in [0, 0.05) is 0 Å². The molecule has 12 heteroatoms. The predicted octanol–water partition coefficient (Wildman–Crippen LogP) is 1.55. The number of aryl methyl sites for hydroxylation is 1. The lowest BCUT2D eigenvalue weighted by Crippen LogP contribution is -2.25.